The Morgan fingerprint density at radius 3 is 2.63 bits per heavy atom. The number of nitrogens with zero attached hydrogens (tertiary/aromatic N) is 7. The van der Waals surface area contributed by atoms with Crippen LogP contribution in [0, 0.1) is 0 Å². The average Bonchev–Trinajstić information content (AvgIpc) is 3.48. The van der Waals surface area contributed by atoms with Crippen LogP contribution in [0.1, 0.15) is 39.2 Å². The number of aromatic nitrogens is 7. The smallest absolute Gasteiger partial charge is 0.0999 e. The first-order valence-corrected chi connectivity index (χ1v) is 11.3. The van der Waals surface area contributed by atoms with Crippen molar-refractivity contribution >= 4 is 16.6 Å². The van der Waals surface area contributed by atoms with E-state index >= 15 is 0 Å². The van der Waals surface area contributed by atoms with Crippen LogP contribution in [0.5, 0.6) is 0 Å². The summed E-state index contributed by atoms with van der Waals surface area (Å²) >= 11 is -2.03. The number of hydrogen-bond donors (Lipinski definition) is 0. The second-order valence-corrected chi connectivity index (χ2v) is 8.18. The van der Waals surface area contributed by atoms with Gasteiger partial charge in [-0.05, 0) is 25.3 Å². The van der Waals surface area contributed by atoms with E-state index in [9.17, 15) is 8.76 Å². The molecule has 0 aromatic carbocycles. The predicted octanol–water partition coefficient (Wildman–Crippen LogP) is 3.09. The fourth-order valence-corrected chi connectivity index (χ4v) is 3.93. The van der Waals surface area contributed by atoms with Gasteiger partial charge in [-0.2, -0.15) is 15.3 Å². The van der Waals surface area contributed by atoms with Crippen LogP contribution in [0.15, 0.2) is 43.2 Å². The van der Waals surface area contributed by atoms with E-state index in [4.69, 9.17) is 4.98 Å². The van der Waals surface area contributed by atoms with Gasteiger partial charge in [-0.1, -0.05) is 24.9 Å². The minimum atomic E-state index is -2.03. The van der Waals surface area contributed by atoms with Gasteiger partial charge >= 0.3 is 0 Å². The molecule has 30 heavy (non-hydrogen) atoms. The molecule has 10 heteroatoms. The molecule has 0 saturated carbocycles. The maximum absolute atomic E-state index is 10.7. The Hall–Kier alpha value is -2.85. The van der Waals surface area contributed by atoms with E-state index in [1.165, 1.54) is 0 Å². The molecular formula is C20H24N7O2S-. The SMILES string of the molecule is CCC(CC)n1cc(-c2nc(-c3cnn(CCCS(=O)[O-])c3)cn3nccc23)cn1. The topological polar surface area (TPSA) is 106 Å². The lowest BCUT2D eigenvalue weighted by Crippen LogP contribution is -2.06. The van der Waals surface area contributed by atoms with Crippen LogP contribution in [0.3, 0.4) is 0 Å². The van der Waals surface area contributed by atoms with Crippen LogP contribution >= 0.6 is 0 Å². The molecule has 1 unspecified atom stereocenters. The van der Waals surface area contributed by atoms with Crippen molar-refractivity contribution in [3.8, 4) is 22.5 Å². The van der Waals surface area contributed by atoms with Crippen molar-refractivity contribution in [3.05, 3.63) is 43.2 Å². The molecule has 0 amide bonds. The highest BCUT2D eigenvalue weighted by atomic mass is 32.2. The van der Waals surface area contributed by atoms with E-state index in [2.05, 4.69) is 29.1 Å². The summed E-state index contributed by atoms with van der Waals surface area (Å²) in [5.41, 5.74) is 4.27. The van der Waals surface area contributed by atoms with E-state index in [0.717, 1.165) is 40.9 Å². The van der Waals surface area contributed by atoms with E-state index in [0.29, 0.717) is 19.0 Å². The van der Waals surface area contributed by atoms with Gasteiger partial charge in [0.25, 0.3) is 0 Å². The van der Waals surface area contributed by atoms with Crippen molar-refractivity contribution in [1.29, 1.82) is 0 Å². The van der Waals surface area contributed by atoms with Gasteiger partial charge in [0.05, 0.1) is 47.7 Å². The van der Waals surface area contributed by atoms with E-state index in [1.807, 2.05) is 40.1 Å². The molecular weight excluding hydrogens is 402 g/mol. The standard InChI is InChI=1S/C20H25N7O2S/c1-3-17(4-2)26-13-16(11-23-26)20-19-6-7-21-27(19)14-18(24-20)15-10-22-25(12-15)8-5-9-30(28)29/h6-7,10-14,17H,3-5,8-9H2,1-2H3,(H,28,29)/p-1. The highest BCUT2D eigenvalue weighted by molar-refractivity contribution is 7.79. The monoisotopic (exact) mass is 426 g/mol. The third kappa shape index (κ3) is 4.19. The molecule has 9 nitrogen and oxygen atoms in total. The van der Waals surface area contributed by atoms with E-state index < -0.39 is 11.1 Å². The van der Waals surface area contributed by atoms with Crippen LogP contribution in [-0.2, 0) is 17.6 Å². The maximum atomic E-state index is 10.7. The van der Waals surface area contributed by atoms with E-state index in [1.54, 1.807) is 17.1 Å². The van der Waals surface area contributed by atoms with Crippen LogP contribution in [0.4, 0.5) is 0 Å². The molecule has 0 N–H and O–H groups in total. The summed E-state index contributed by atoms with van der Waals surface area (Å²) in [6.45, 7) is 4.86. The summed E-state index contributed by atoms with van der Waals surface area (Å²) < 4.78 is 27.0. The third-order valence-electron chi connectivity index (χ3n) is 5.21. The molecule has 158 valence electrons. The third-order valence-corrected chi connectivity index (χ3v) is 5.83. The molecule has 0 aliphatic heterocycles. The van der Waals surface area contributed by atoms with Crippen LogP contribution in [-0.4, -0.2) is 48.7 Å². The fourth-order valence-electron chi connectivity index (χ4n) is 3.56. The van der Waals surface area contributed by atoms with Gasteiger partial charge in [0.2, 0.25) is 0 Å². The van der Waals surface area contributed by atoms with Crippen molar-refractivity contribution in [3.63, 3.8) is 0 Å². The quantitative estimate of drug-likeness (QED) is 0.381. The van der Waals surface area contributed by atoms with Crippen LogP contribution in [0.2, 0.25) is 0 Å². The zero-order chi connectivity index (χ0) is 21.1. The van der Waals surface area contributed by atoms with Gasteiger partial charge in [-0.25, -0.2) is 9.50 Å². The minimum Gasteiger partial charge on any atom is -0.772 e. The zero-order valence-electron chi connectivity index (χ0n) is 17.0. The molecule has 4 aromatic heterocycles. The normalized spacial score (nSPS) is 12.8. The Balaban J connectivity index is 1.67. The molecule has 4 rings (SSSR count). The molecule has 4 heterocycles. The summed E-state index contributed by atoms with van der Waals surface area (Å²) in [5, 5.41) is 13.3. The second-order valence-electron chi connectivity index (χ2n) is 7.17. The maximum Gasteiger partial charge on any atom is 0.0999 e. The summed E-state index contributed by atoms with van der Waals surface area (Å²) in [7, 11) is 0. The number of aryl methyl sites for hydroxylation is 1. The van der Waals surface area contributed by atoms with Gasteiger partial charge in [0, 0.05) is 35.8 Å². The summed E-state index contributed by atoms with van der Waals surface area (Å²) in [5.74, 6) is 0.122. The number of fused-ring (bicyclic) bond motifs is 1. The Morgan fingerprint density at radius 2 is 1.87 bits per heavy atom. The minimum absolute atomic E-state index is 0.122. The Kier molecular flexibility index (Phi) is 6.05. The molecule has 0 radical (unpaired) electrons. The van der Waals surface area contributed by atoms with Gasteiger partial charge in [0.15, 0.2) is 0 Å². The lowest BCUT2D eigenvalue weighted by atomic mass is 10.1. The van der Waals surface area contributed by atoms with E-state index in [-0.39, 0.29) is 5.75 Å². The fraction of sp³-hybridized carbons (Fsp3) is 0.400. The van der Waals surface area contributed by atoms with Crippen molar-refractivity contribution in [2.45, 2.75) is 45.7 Å². The lowest BCUT2D eigenvalue weighted by Gasteiger charge is -2.12. The molecule has 0 saturated heterocycles. The molecule has 0 aliphatic rings. The van der Waals surface area contributed by atoms with Gasteiger partial charge < -0.3 is 4.55 Å². The van der Waals surface area contributed by atoms with Crippen LogP contribution in [0.25, 0.3) is 28.0 Å². The molecule has 0 fully saturated rings. The van der Waals surface area contributed by atoms with Crippen molar-refractivity contribution < 1.29 is 8.76 Å². The van der Waals surface area contributed by atoms with Gasteiger partial charge in [-0.15, -0.1) is 0 Å². The number of rotatable bonds is 9. The molecule has 0 spiro atoms. The molecule has 0 aliphatic carbocycles. The van der Waals surface area contributed by atoms with Crippen molar-refractivity contribution in [2.24, 2.45) is 0 Å². The van der Waals surface area contributed by atoms with Gasteiger partial charge in [0.1, 0.15) is 0 Å². The molecule has 0 bridgehead atoms. The van der Waals surface area contributed by atoms with Crippen LogP contribution < -0.4 is 0 Å². The van der Waals surface area contributed by atoms with Crippen molar-refractivity contribution in [1.82, 2.24) is 34.2 Å². The van der Waals surface area contributed by atoms with Crippen molar-refractivity contribution in [2.75, 3.05) is 5.75 Å². The predicted molar refractivity (Wildman–Crippen MR) is 113 cm³/mol. The molecule has 1 atom stereocenters. The lowest BCUT2D eigenvalue weighted by molar-refractivity contribution is 0.428. The first-order chi connectivity index (χ1) is 14.6. The summed E-state index contributed by atoms with van der Waals surface area (Å²) in [4.78, 5) is 4.89. The van der Waals surface area contributed by atoms with Gasteiger partial charge in [-0.3, -0.25) is 13.6 Å². The molecule has 4 aromatic rings. The highest BCUT2D eigenvalue weighted by Crippen LogP contribution is 2.27. The summed E-state index contributed by atoms with van der Waals surface area (Å²) in [6.07, 6.45) is 13.7. The highest BCUT2D eigenvalue weighted by Gasteiger charge is 2.15. The Bertz CT molecular complexity index is 1160. The second kappa shape index (κ2) is 8.88. The number of hydrogen-bond acceptors (Lipinski definition) is 6. The Labute approximate surface area is 177 Å². The zero-order valence-corrected chi connectivity index (χ0v) is 17.8. The Morgan fingerprint density at radius 1 is 1.07 bits per heavy atom. The first-order valence-electron chi connectivity index (χ1n) is 10.1. The first kappa shape index (κ1) is 20.4. The largest absolute Gasteiger partial charge is 0.772 e. The average molecular weight is 427 g/mol. The summed E-state index contributed by atoms with van der Waals surface area (Å²) in [6, 6.07) is 2.30.